The molecule has 72 valence electrons. The van der Waals surface area contributed by atoms with Crippen molar-refractivity contribution in [2.24, 2.45) is 0 Å². The minimum Gasteiger partial charge on any atom is -0.469 e. The van der Waals surface area contributed by atoms with E-state index in [4.69, 9.17) is 4.42 Å². The molecule has 0 radical (unpaired) electrons. The van der Waals surface area contributed by atoms with Crippen molar-refractivity contribution in [2.45, 2.75) is 6.92 Å². The summed E-state index contributed by atoms with van der Waals surface area (Å²) in [6.45, 7) is 1.72. The molecule has 14 heavy (non-hydrogen) atoms. The predicted molar refractivity (Wildman–Crippen MR) is 47.9 cm³/mol. The molecule has 2 rings (SSSR count). The summed E-state index contributed by atoms with van der Waals surface area (Å²) in [6.07, 6.45) is 2.85. The molecule has 2 heterocycles. The van der Waals surface area contributed by atoms with Gasteiger partial charge < -0.3 is 14.3 Å². The number of aromatic nitrogens is 1. The van der Waals surface area contributed by atoms with Crippen LogP contribution in [-0.4, -0.2) is 11.1 Å². The number of carbonyl (C=O) groups is 1. The highest BCUT2D eigenvalue weighted by molar-refractivity contribution is 6.04. The second-order valence-electron chi connectivity index (χ2n) is 2.73. The van der Waals surface area contributed by atoms with Gasteiger partial charge >= 0.3 is 0 Å². The average Bonchev–Trinajstić information content (AvgIpc) is 2.75. The topological polar surface area (TPSA) is 68.3 Å². The van der Waals surface area contributed by atoms with E-state index in [1.54, 1.807) is 19.1 Å². The Morgan fingerprint density at radius 3 is 2.86 bits per heavy atom. The Morgan fingerprint density at radius 1 is 1.43 bits per heavy atom. The lowest BCUT2D eigenvalue weighted by atomic mass is 10.2. The standard InChI is InChI=1S/C9H8N2O3/c1-6-7(2-4-13-6)9(12)10-8-3-5-14-11-8/h2-5H,1H3,(H,10,11,12). The van der Waals surface area contributed by atoms with Crippen LogP contribution in [0.15, 0.2) is 33.6 Å². The Kier molecular flexibility index (Phi) is 2.06. The Balaban J connectivity index is 2.14. The number of anilines is 1. The van der Waals surface area contributed by atoms with Crippen LogP contribution < -0.4 is 5.32 Å². The summed E-state index contributed by atoms with van der Waals surface area (Å²) in [5.41, 5.74) is 0.494. The first-order chi connectivity index (χ1) is 6.77. The predicted octanol–water partition coefficient (Wildman–Crippen LogP) is 1.83. The lowest BCUT2D eigenvalue weighted by Gasteiger charge is -1.98. The number of rotatable bonds is 2. The van der Waals surface area contributed by atoms with Gasteiger partial charge in [-0.15, -0.1) is 0 Å². The first-order valence-corrected chi connectivity index (χ1v) is 4.03. The van der Waals surface area contributed by atoms with Gasteiger partial charge in [0.15, 0.2) is 5.82 Å². The van der Waals surface area contributed by atoms with Gasteiger partial charge in [-0.05, 0) is 13.0 Å². The third kappa shape index (κ3) is 1.52. The zero-order valence-corrected chi connectivity index (χ0v) is 7.48. The Labute approximate surface area is 79.7 Å². The molecular weight excluding hydrogens is 184 g/mol. The first-order valence-electron chi connectivity index (χ1n) is 4.03. The number of aryl methyl sites for hydroxylation is 1. The summed E-state index contributed by atoms with van der Waals surface area (Å²) in [5, 5.41) is 6.12. The first kappa shape index (κ1) is 8.55. The van der Waals surface area contributed by atoms with E-state index < -0.39 is 0 Å². The number of hydrogen-bond acceptors (Lipinski definition) is 4. The molecule has 1 amide bonds. The number of carbonyl (C=O) groups excluding carboxylic acids is 1. The Hall–Kier alpha value is -2.04. The van der Waals surface area contributed by atoms with Crippen LogP contribution in [-0.2, 0) is 0 Å². The lowest BCUT2D eigenvalue weighted by molar-refractivity contribution is 0.102. The maximum atomic E-state index is 11.5. The van der Waals surface area contributed by atoms with Gasteiger partial charge in [0.05, 0.1) is 11.8 Å². The van der Waals surface area contributed by atoms with E-state index in [0.717, 1.165) is 0 Å². The van der Waals surface area contributed by atoms with Crippen molar-refractivity contribution in [3.63, 3.8) is 0 Å². The van der Waals surface area contributed by atoms with Gasteiger partial charge in [0.25, 0.3) is 5.91 Å². The quantitative estimate of drug-likeness (QED) is 0.788. The highest BCUT2D eigenvalue weighted by atomic mass is 16.5. The van der Waals surface area contributed by atoms with Crippen LogP contribution in [0.2, 0.25) is 0 Å². The Bertz CT molecular complexity index is 431. The molecule has 5 heteroatoms. The molecule has 1 N–H and O–H groups in total. The van der Waals surface area contributed by atoms with Gasteiger partial charge in [-0.3, -0.25) is 4.79 Å². The molecule has 0 fully saturated rings. The van der Waals surface area contributed by atoms with Crippen LogP contribution in [0.1, 0.15) is 16.1 Å². The summed E-state index contributed by atoms with van der Waals surface area (Å²) in [4.78, 5) is 11.5. The van der Waals surface area contributed by atoms with E-state index in [-0.39, 0.29) is 5.91 Å². The van der Waals surface area contributed by atoms with Gasteiger partial charge in [-0.25, -0.2) is 0 Å². The summed E-state index contributed by atoms with van der Waals surface area (Å²) in [5.74, 6) is 0.701. The summed E-state index contributed by atoms with van der Waals surface area (Å²) >= 11 is 0. The molecule has 0 aliphatic rings. The molecule has 5 nitrogen and oxygen atoms in total. The van der Waals surface area contributed by atoms with E-state index in [2.05, 4.69) is 15.0 Å². The van der Waals surface area contributed by atoms with Crippen LogP contribution in [0.3, 0.4) is 0 Å². The highest BCUT2D eigenvalue weighted by Gasteiger charge is 2.12. The van der Waals surface area contributed by atoms with Crippen LogP contribution >= 0.6 is 0 Å². The number of amides is 1. The zero-order valence-electron chi connectivity index (χ0n) is 7.48. The molecule has 2 aromatic heterocycles. The molecule has 0 aromatic carbocycles. The second kappa shape index (κ2) is 3.37. The zero-order chi connectivity index (χ0) is 9.97. The molecule has 0 aliphatic carbocycles. The monoisotopic (exact) mass is 192 g/mol. The molecule has 0 saturated heterocycles. The summed E-state index contributed by atoms with van der Waals surface area (Å²) in [7, 11) is 0. The fourth-order valence-corrected chi connectivity index (χ4v) is 1.08. The van der Waals surface area contributed by atoms with Crippen molar-refractivity contribution < 1.29 is 13.7 Å². The molecule has 2 aromatic rings. The molecule has 0 aliphatic heterocycles. The van der Waals surface area contributed by atoms with Crippen LogP contribution in [0, 0.1) is 6.92 Å². The molecule has 0 saturated carbocycles. The Morgan fingerprint density at radius 2 is 2.29 bits per heavy atom. The van der Waals surface area contributed by atoms with Crippen molar-refractivity contribution in [3.8, 4) is 0 Å². The van der Waals surface area contributed by atoms with Crippen LogP contribution in [0.5, 0.6) is 0 Å². The largest absolute Gasteiger partial charge is 0.469 e. The minimum atomic E-state index is -0.259. The SMILES string of the molecule is Cc1occc1C(=O)Nc1ccon1. The number of nitrogens with zero attached hydrogens (tertiary/aromatic N) is 1. The van der Waals surface area contributed by atoms with Crippen molar-refractivity contribution in [3.05, 3.63) is 36.0 Å². The fraction of sp³-hybridized carbons (Fsp3) is 0.111. The number of nitrogens with one attached hydrogen (secondary N) is 1. The van der Waals surface area contributed by atoms with Crippen molar-refractivity contribution in [2.75, 3.05) is 5.32 Å². The smallest absolute Gasteiger partial charge is 0.260 e. The second-order valence-corrected chi connectivity index (χ2v) is 2.73. The summed E-state index contributed by atoms with van der Waals surface area (Å²) < 4.78 is 9.57. The maximum absolute atomic E-state index is 11.5. The number of furan rings is 1. The maximum Gasteiger partial charge on any atom is 0.260 e. The molecule has 0 bridgehead atoms. The van der Waals surface area contributed by atoms with Crippen LogP contribution in [0.25, 0.3) is 0 Å². The van der Waals surface area contributed by atoms with Gasteiger partial charge in [0.1, 0.15) is 12.0 Å². The van der Waals surface area contributed by atoms with E-state index in [1.165, 1.54) is 12.5 Å². The average molecular weight is 192 g/mol. The van der Waals surface area contributed by atoms with E-state index in [0.29, 0.717) is 17.1 Å². The van der Waals surface area contributed by atoms with Crippen molar-refractivity contribution in [1.29, 1.82) is 0 Å². The number of hydrogen-bond donors (Lipinski definition) is 1. The van der Waals surface area contributed by atoms with Gasteiger partial charge in [-0.2, -0.15) is 0 Å². The molecule has 0 atom stereocenters. The normalized spacial score (nSPS) is 10.1. The summed E-state index contributed by atoms with van der Waals surface area (Å²) in [6, 6.07) is 3.16. The van der Waals surface area contributed by atoms with E-state index in [1.807, 2.05) is 0 Å². The van der Waals surface area contributed by atoms with Crippen LogP contribution in [0.4, 0.5) is 5.82 Å². The molecule has 0 unspecified atom stereocenters. The van der Waals surface area contributed by atoms with Gasteiger partial charge in [-0.1, -0.05) is 5.16 Å². The fourth-order valence-electron chi connectivity index (χ4n) is 1.08. The third-order valence-corrected chi connectivity index (χ3v) is 1.78. The van der Waals surface area contributed by atoms with Crippen molar-refractivity contribution in [1.82, 2.24) is 5.16 Å². The minimum absolute atomic E-state index is 0.259. The van der Waals surface area contributed by atoms with Gasteiger partial charge in [0, 0.05) is 6.07 Å². The van der Waals surface area contributed by atoms with Gasteiger partial charge in [0.2, 0.25) is 0 Å². The van der Waals surface area contributed by atoms with E-state index >= 15 is 0 Å². The van der Waals surface area contributed by atoms with E-state index in [9.17, 15) is 4.79 Å². The highest BCUT2D eigenvalue weighted by Crippen LogP contribution is 2.11. The lowest BCUT2D eigenvalue weighted by Crippen LogP contribution is -2.12. The molecule has 0 spiro atoms. The third-order valence-electron chi connectivity index (χ3n) is 1.78. The van der Waals surface area contributed by atoms with Crippen molar-refractivity contribution >= 4 is 11.7 Å². The molecular formula is C9H8N2O3.